The second-order valence-corrected chi connectivity index (χ2v) is 7.31. The molecule has 3 N–H and O–H groups in total. The first-order valence-electron chi connectivity index (χ1n) is 8.77. The number of nitrogens with one attached hydrogen (secondary N) is 2. The summed E-state index contributed by atoms with van der Waals surface area (Å²) < 4.78 is 25.7. The van der Waals surface area contributed by atoms with Crippen LogP contribution in [0.1, 0.15) is 18.4 Å². The summed E-state index contributed by atoms with van der Waals surface area (Å²) in [7, 11) is 0. The zero-order chi connectivity index (χ0) is 19.4. The zero-order valence-corrected chi connectivity index (χ0v) is 15.4. The van der Waals surface area contributed by atoms with E-state index >= 15 is 0 Å². The molecule has 0 aromatic heterocycles. The third-order valence-electron chi connectivity index (χ3n) is 4.54. The van der Waals surface area contributed by atoms with E-state index in [-0.39, 0.29) is 18.2 Å². The minimum Gasteiger partial charge on any atom is -0.361 e. The molecule has 1 aromatic rings. The van der Waals surface area contributed by atoms with E-state index in [1.807, 2.05) is 24.3 Å². The summed E-state index contributed by atoms with van der Waals surface area (Å²) in [6.07, 6.45) is 5.43. The molecule has 1 aromatic carbocycles. The summed E-state index contributed by atoms with van der Waals surface area (Å²) >= 11 is 5.83. The number of hydrogen-bond acceptors (Lipinski definition) is 4. The molecule has 1 aliphatic heterocycles. The summed E-state index contributed by atoms with van der Waals surface area (Å²) in [5, 5.41) is 16.6. The van der Waals surface area contributed by atoms with Crippen LogP contribution >= 0.6 is 11.6 Å². The summed E-state index contributed by atoms with van der Waals surface area (Å²) in [5.41, 5.74) is 1.73. The number of nitrogens with zero attached hydrogens (tertiary/aromatic N) is 1. The van der Waals surface area contributed by atoms with Crippen LogP contribution in [-0.2, 0) is 11.3 Å². The lowest BCUT2D eigenvalue weighted by atomic mass is 9.94. The van der Waals surface area contributed by atoms with Crippen LogP contribution in [0.2, 0.25) is 5.02 Å². The molecule has 2 unspecified atom stereocenters. The van der Waals surface area contributed by atoms with Crippen LogP contribution in [0, 0.1) is 5.92 Å². The van der Waals surface area contributed by atoms with Crippen LogP contribution in [0.4, 0.5) is 8.78 Å². The molecule has 1 saturated heterocycles. The topological polar surface area (TPSA) is 64.6 Å². The third kappa shape index (κ3) is 5.76. The molecule has 8 heteroatoms. The molecule has 5 nitrogen and oxygen atoms in total. The molecule has 0 spiro atoms. The molecule has 27 heavy (non-hydrogen) atoms. The van der Waals surface area contributed by atoms with Crippen LogP contribution in [0.15, 0.2) is 48.2 Å². The molecule has 0 radical (unpaired) electrons. The molecule has 0 bridgehead atoms. The van der Waals surface area contributed by atoms with Crippen LogP contribution in [-0.4, -0.2) is 41.3 Å². The number of halogens is 3. The van der Waals surface area contributed by atoms with Crippen molar-refractivity contribution in [2.75, 3.05) is 13.1 Å². The van der Waals surface area contributed by atoms with Crippen molar-refractivity contribution >= 4 is 17.5 Å². The van der Waals surface area contributed by atoms with Crippen molar-refractivity contribution in [1.82, 2.24) is 15.5 Å². The molecule has 1 heterocycles. The predicted molar refractivity (Wildman–Crippen MR) is 98.9 cm³/mol. The zero-order valence-electron chi connectivity index (χ0n) is 14.7. The molecular weight excluding hydrogens is 376 g/mol. The summed E-state index contributed by atoms with van der Waals surface area (Å²) in [4.78, 5) is 13.1. The van der Waals surface area contributed by atoms with Crippen molar-refractivity contribution < 1.29 is 18.7 Å². The maximum Gasteiger partial charge on any atom is 0.282 e. The largest absolute Gasteiger partial charge is 0.361 e. The molecule has 1 amide bonds. The Kier molecular flexibility index (Phi) is 6.14. The first-order valence-corrected chi connectivity index (χ1v) is 9.15. The number of likely N-dealkylation sites (tertiary alicyclic amines) is 1. The highest BCUT2D eigenvalue weighted by atomic mass is 35.5. The summed E-state index contributed by atoms with van der Waals surface area (Å²) in [6, 6.07) is 7.32. The number of aliphatic hydroxyl groups excluding tert-OH is 1. The Hall–Kier alpha value is -1.96. The highest BCUT2D eigenvalue weighted by Crippen LogP contribution is 2.29. The lowest BCUT2D eigenvalue weighted by Gasteiger charge is -2.39. The van der Waals surface area contributed by atoms with E-state index in [0.717, 1.165) is 11.3 Å². The Bertz CT molecular complexity index is 729. The van der Waals surface area contributed by atoms with Crippen LogP contribution in [0.25, 0.3) is 0 Å². The van der Waals surface area contributed by atoms with Gasteiger partial charge in [0, 0.05) is 23.7 Å². The van der Waals surface area contributed by atoms with Gasteiger partial charge in [0.25, 0.3) is 5.92 Å². The molecule has 2 atom stereocenters. The monoisotopic (exact) mass is 397 g/mol. The van der Waals surface area contributed by atoms with E-state index in [1.165, 1.54) is 4.90 Å². The standard InChI is InChI=1S/C19H22ClF2N3O2/c20-15-5-1-14(2-6-15)10-23-18(27)24-16-7-3-13(4-8-16)9-17(26)25-11-19(21,22)12-25/h1-3,5-8,13,18,23-24,27H,4,9-12H2. The number of carbonyl (C=O) groups excluding carboxylic acids is 1. The van der Waals surface area contributed by atoms with Crippen LogP contribution in [0.3, 0.4) is 0 Å². The van der Waals surface area contributed by atoms with Crippen molar-refractivity contribution in [3.63, 3.8) is 0 Å². The van der Waals surface area contributed by atoms with Crippen molar-refractivity contribution in [3.05, 3.63) is 58.8 Å². The summed E-state index contributed by atoms with van der Waals surface area (Å²) in [5.74, 6) is -2.99. The second-order valence-electron chi connectivity index (χ2n) is 6.88. The van der Waals surface area contributed by atoms with E-state index < -0.39 is 25.4 Å². The molecule has 1 fully saturated rings. The molecule has 1 aliphatic carbocycles. The number of hydrogen-bond donors (Lipinski definition) is 3. The van der Waals surface area contributed by atoms with Gasteiger partial charge in [-0.25, -0.2) is 8.78 Å². The van der Waals surface area contributed by atoms with Gasteiger partial charge in [-0.15, -0.1) is 0 Å². The lowest BCUT2D eigenvalue weighted by Crippen LogP contribution is -2.58. The van der Waals surface area contributed by atoms with Crippen LogP contribution in [0.5, 0.6) is 0 Å². The number of aliphatic hydroxyl groups is 1. The molecule has 2 aliphatic rings. The van der Waals surface area contributed by atoms with E-state index in [2.05, 4.69) is 10.6 Å². The number of allylic oxidation sites excluding steroid dienone is 3. The first-order chi connectivity index (χ1) is 12.8. The average molecular weight is 398 g/mol. The van der Waals surface area contributed by atoms with Gasteiger partial charge in [-0.3, -0.25) is 10.1 Å². The summed E-state index contributed by atoms with van der Waals surface area (Å²) in [6.45, 7) is -0.479. The SMILES string of the molecule is O=C(CC1C=CC(NC(O)NCc2ccc(Cl)cc2)=CC1)N1CC(F)(F)C1. The highest BCUT2D eigenvalue weighted by molar-refractivity contribution is 6.30. The number of rotatable bonds is 7. The van der Waals surface area contributed by atoms with Gasteiger partial charge < -0.3 is 15.3 Å². The van der Waals surface area contributed by atoms with E-state index in [4.69, 9.17) is 11.6 Å². The quantitative estimate of drug-likeness (QED) is 0.619. The van der Waals surface area contributed by atoms with Gasteiger partial charge >= 0.3 is 0 Å². The van der Waals surface area contributed by atoms with Gasteiger partial charge in [-0.05, 0) is 36.1 Å². The van der Waals surface area contributed by atoms with E-state index in [9.17, 15) is 18.7 Å². The van der Waals surface area contributed by atoms with Gasteiger partial charge in [0.15, 0.2) is 6.35 Å². The van der Waals surface area contributed by atoms with Crippen molar-refractivity contribution in [3.8, 4) is 0 Å². The molecule has 0 saturated carbocycles. The first kappa shape index (κ1) is 19.8. The third-order valence-corrected chi connectivity index (χ3v) is 4.79. The average Bonchev–Trinajstić information content (AvgIpc) is 2.61. The fraction of sp³-hybridized carbons (Fsp3) is 0.421. The van der Waals surface area contributed by atoms with Crippen molar-refractivity contribution in [2.24, 2.45) is 5.92 Å². The Morgan fingerprint density at radius 3 is 2.63 bits per heavy atom. The smallest absolute Gasteiger partial charge is 0.282 e. The fourth-order valence-corrected chi connectivity index (χ4v) is 3.12. The Morgan fingerprint density at radius 2 is 2.04 bits per heavy atom. The molecule has 146 valence electrons. The molecule has 3 rings (SSSR count). The van der Waals surface area contributed by atoms with E-state index in [1.54, 1.807) is 18.2 Å². The number of carbonyl (C=O) groups is 1. The van der Waals surface area contributed by atoms with Gasteiger partial charge in [-0.1, -0.05) is 35.9 Å². The lowest BCUT2D eigenvalue weighted by molar-refractivity contribution is -0.166. The normalized spacial score (nSPS) is 22.0. The molecular formula is C19H22ClF2N3O2. The Morgan fingerprint density at radius 1 is 1.33 bits per heavy atom. The van der Waals surface area contributed by atoms with Gasteiger partial charge in [0.1, 0.15) is 0 Å². The Labute approximate surface area is 161 Å². The van der Waals surface area contributed by atoms with Crippen molar-refractivity contribution in [2.45, 2.75) is 31.7 Å². The van der Waals surface area contributed by atoms with Crippen molar-refractivity contribution in [1.29, 1.82) is 0 Å². The highest BCUT2D eigenvalue weighted by Gasteiger charge is 2.46. The number of benzene rings is 1. The minimum atomic E-state index is -2.73. The second kappa shape index (κ2) is 8.37. The fourth-order valence-electron chi connectivity index (χ4n) is 2.99. The maximum absolute atomic E-state index is 12.8. The van der Waals surface area contributed by atoms with Crippen LogP contribution < -0.4 is 10.6 Å². The van der Waals surface area contributed by atoms with Gasteiger partial charge in [0.2, 0.25) is 5.91 Å². The van der Waals surface area contributed by atoms with Gasteiger partial charge in [0.05, 0.1) is 13.1 Å². The van der Waals surface area contributed by atoms with Gasteiger partial charge in [-0.2, -0.15) is 0 Å². The predicted octanol–water partition coefficient (Wildman–Crippen LogP) is 2.62. The minimum absolute atomic E-state index is 0.0172. The number of amides is 1. The number of alkyl halides is 2. The maximum atomic E-state index is 12.8. The van der Waals surface area contributed by atoms with E-state index in [0.29, 0.717) is 18.0 Å². The Balaban J connectivity index is 1.38.